The van der Waals surface area contributed by atoms with Crippen molar-refractivity contribution in [2.75, 3.05) is 13.1 Å². The van der Waals surface area contributed by atoms with Crippen LogP contribution in [0, 0.1) is 17.2 Å². The van der Waals surface area contributed by atoms with Crippen molar-refractivity contribution in [3.8, 4) is 6.07 Å². The summed E-state index contributed by atoms with van der Waals surface area (Å²) in [5.41, 5.74) is 0. The van der Waals surface area contributed by atoms with Crippen molar-refractivity contribution >= 4 is 17.8 Å². The van der Waals surface area contributed by atoms with Crippen molar-refractivity contribution in [3.63, 3.8) is 0 Å². The van der Waals surface area contributed by atoms with Gasteiger partial charge in [-0.3, -0.25) is 4.79 Å². The fourth-order valence-corrected chi connectivity index (χ4v) is 3.63. The van der Waals surface area contributed by atoms with Gasteiger partial charge < -0.3 is 20.4 Å². The van der Waals surface area contributed by atoms with Gasteiger partial charge in [0, 0.05) is 31.3 Å². The van der Waals surface area contributed by atoms with Gasteiger partial charge in [0.15, 0.2) is 0 Å². The second kappa shape index (κ2) is 11.6. The number of carbonyl (C=O) groups excluding carboxylic acids is 1. The highest BCUT2D eigenvalue weighted by Gasteiger charge is 2.30. The number of nitrogens with one attached hydrogen (secondary N) is 1. The number of nitriles is 1. The Morgan fingerprint density at radius 1 is 1.20 bits per heavy atom. The van der Waals surface area contributed by atoms with Crippen molar-refractivity contribution in [1.82, 2.24) is 30.4 Å². The second-order valence-electron chi connectivity index (χ2n) is 7.17. The van der Waals surface area contributed by atoms with Crippen LogP contribution in [0.5, 0.6) is 0 Å². The van der Waals surface area contributed by atoms with E-state index in [1.54, 1.807) is 15.9 Å². The average molecular weight is 419 g/mol. The number of amides is 1. The predicted molar refractivity (Wildman–Crippen MR) is 102 cm³/mol. The quantitative estimate of drug-likeness (QED) is 0.496. The van der Waals surface area contributed by atoms with Crippen LogP contribution in [0.2, 0.25) is 0 Å². The maximum absolute atomic E-state index is 12.2. The number of carbonyl (C=O) groups is 3. The topological polar surface area (TPSA) is 174 Å². The molecular weight excluding hydrogens is 394 g/mol. The molecule has 0 aromatic carbocycles. The van der Waals surface area contributed by atoms with Gasteiger partial charge >= 0.3 is 11.9 Å². The number of nitrogens with zero attached hydrogens (tertiary/aromatic N) is 6. The van der Waals surface area contributed by atoms with E-state index >= 15 is 0 Å². The molecule has 1 amide bonds. The van der Waals surface area contributed by atoms with Gasteiger partial charge in [-0.1, -0.05) is 0 Å². The minimum Gasteiger partial charge on any atom is -0.478 e. The average Bonchev–Trinajstić information content (AvgIpc) is 3.47. The van der Waals surface area contributed by atoms with Gasteiger partial charge in [-0.15, -0.1) is 5.10 Å². The molecule has 1 aromatic rings. The maximum atomic E-state index is 12.2. The summed E-state index contributed by atoms with van der Waals surface area (Å²) in [6.45, 7) is 1.88. The Morgan fingerprint density at radius 3 is 2.53 bits per heavy atom. The molecule has 30 heavy (non-hydrogen) atoms. The molecule has 0 radical (unpaired) electrons. The number of aromatic nitrogens is 4. The first-order valence-electron chi connectivity index (χ1n) is 9.66. The van der Waals surface area contributed by atoms with Crippen LogP contribution in [-0.2, 0) is 20.9 Å². The Labute approximate surface area is 173 Å². The number of rotatable bonds is 7. The number of tetrazole rings is 1. The van der Waals surface area contributed by atoms with Gasteiger partial charge in [-0.25, -0.2) is 14.3 Å². The lowest BCUT2D eigenvalue weighted by Gasteiger charge is -2.21. The van der Waals surface area contributed by atoms with E-state index in [0.717, 1.165) is 38.6 Å². The van der Waals surface area contributed by atoms with Crippen LogP contribution in [0.1, 0.15) is 32.1 Å². The minimum absolute atomic E-state index is 0.0491. The summed E-state index contributed by atoms with van der Waals surface area (Å²) in [6, 6.07) is 2.35. The van der Waals surface area contributed by atoms with Crippen molar-refractivity contribution in [2.24, 2.45) is 5.92 Å². The lowest BCUT2D eigenvalue weighted by Crippen LogP contribution is -2.42. The Hall–Kier alpha value is -3.33. The Balaban J connectivity index is 0.000000343. The molecule has 3 atom stereocenters. The zero-order valence-electron chi connectivity index (χ0n) is 16.4. The number of aliphatic carboxylic acids is 2. The first-order valence-corrected chi connectivity index (χ1v) is 9.66. The highest BCUT2D eigenvalue weighted by Crippen LogP contribution is 2.26. The van der Waals surface area contributed by atoms with Gasteiger partial charge in [0.1, 0.15) is 12.4 Å². The van der Waals surface area contributed by atoms with Crippen LogP contribution >= 0.6 is 0 Å². The largest absolute Gasteiger partial charge is 0.478 e. The molecule has 1 aliphatic carbocycles. The van der Waals surface area contributed by atoms with Gasteiger partial charge in [0.25, 0.3) is 0 Å². The molecular formula is C18H25N7O5. The Kier molecular flexibility index (Phi) is 8.89. The minimum atomic E-state index is -1.26. The predicted octanol–water partition coefficient (Wildman–Crippen LogP) is -0.342. The van der Waals surface area contributed by atoms with Crippen molar-refractivity contribution in [2.45, 2.75) is 50.7 Å². The molecule has 0 spiro atoms. The third-order valence-corrected chi connectivity index (χ3v) is 5.01. The fraction of sp³-hybridized carbons (Fsp3) is 0.611. The van der Waals surface area contributed by atoms with Crippen molar-refractivity contribution in [1.29, 1.82) is 5.26 Å². The van der Waals surface area contributed by atoms with E-state index in [2.05, 4.69) is 26.9 Å². The zero-order valence-corrected chi connectivity index (χ0v) is 16.4. The molecule has 1 aromatic heterocycles. The summed E-state index contributed by atoms with van der Waals surface area (Å²) >= 11 is 0. The summed E-state index contributed by atoms with van der Waals surface area (Å²) in [5, 5.41) is 39.2. The highest BCUT2D eigenvalue weighted by atomic mass is 16.4. The summed E-state index contributed by atoms with van der Waals surface area (Å²) < 4.78 is 1.76. The van der Waals surface area contributed by atoms with Crippen molar-refractivity contribution < 1.29 is 24.6 Å². The van der Waals surface area contributed by atoms with E-state index in [9.17, 15) is 14.4 Å². The molecule has 3 rings (SSSR count). The Bertz CT molecular complexity index is 773. The summed E-state index contributed by atoms with van der Waals surface area (Å²) in [4.78, 5) is 33.0. The van der Waals surface area contributed by atoms with E-state index in [1.807, 2.05) is 0 Å². The van der Waals surface area contributed by atoms with Gasteiger partial charge in [0.05, 0.1) is 12.6 Å². The molecule has 2 heterocycles. The smallest absolute Gasteiger partial charge is 0.328 e. The van der Waals surface area contributed by atoms with E-state index in [1.165, 1.54) is 0 Å². The van der Waals surface area contributed by atoms with E-state index in [-0.39, 0.29) is 11.9 Å². The zero-order chi connectivity index (χ0) is 21.9. The second-order valence-corrected chi connectivity index (χ2v) is 7.17. The molecule has 1 saturated carbocycles. The number of likely N-dealkylation sites (tertiary alicyclic amines) is 1. The number of hydrogen-bond donors (Lipinski definition) is 3. The molecule has 1 saturated heterocycles. The van der Waals surface area contributed by atoms with Crippen LogP contribution < -0.4 is 5.32 Å². The fourth-order valence-electron chi connectivity index (χ4n) is 3.63. The van der Waals surface area contributed by atoms with Gasteiger partial charge in [0.2, 0.25) is 5.91 Å². The number of carboxylic acids is 2. The van der Waals surface area contributed by atoms with Crippen LogP contribution in [0.25, 0.3) is 0 Å². The molecule has 12 heteroatoms. The SMILES string of the molecule is N#C[C@@H]1CCCN1C(=O)CN[C@@H]1CC[C@H](Cn2cnnn2)C1.O=C(O)/C=C\C(=O)O. The lowest BCUT2D eigenvalue weighted by atomic mass is 10.1. The highest BCUT2D eigenvalue weighted by molar-refractivity contribution is 5.89. The lowest BCUT2D eigenvalue weighted by molar-refractivity contribution is -0.134. The number of carboxylic acid groups (broad SMARTS) is 2. The number of hydrogen-bond acceptors (Lipinski definition) is 8. The summed E-state index contributed by atoms with van der Waals surface area (Å²) in [7, 11) is 0. The summed E-state index contributed by atoms with van der Waals surface area (Å²) in [5.74, 6) is -1.91. The first kappa shape index (κ1) is 23.0. The molecule has 2 fully saturated rings. The molecule has 2 aliphatic rings. The molecule has 12 nitrogen and oxygen atoms in total. The van der Waals surface area contributed by atoms with E-state index in [4.69, 9.17) is 15.5 Å². The first-order chi connectivity index (χ1) is 14.4. The summed E-state index contributed by atoms with van der Waals surface area (Å²) in [6.07, 6.45) is 7.72. The van der Waals surface area contributed by atoms with Crippen LogP contribution in [-0.4, -0.2) is 78.3 Å². The third kappa shape index (κ3) is 7.59. The van der Waals surface area contributed by atoms with Gasteiger partial charge in [-0.05, 0) is 48.4 Å². The molecule has 0 bridgehead atoms. The standard InChI is InChI=1S/C14H21N7O.C4H4O4/c15-7-13-2-1-5-21(13)14(22)8-16-12-4-3-11(6-12)9-20-10-17-18-19-20;5-3(6)1-2-4(7)8/h10-13,16H,1-6,8-9H2;1-2H,(H,5,6)(H,7,8)/b;2-1-/t11-,12+,13-;/m0./s1. The van der Waals surface area contributed by atoms with Gasteiger partial charge in [-0.2, -0.15) is 5.26 Å². The molecule has 3 N–H and O–H groups in total. The molecule has 0 unspecified atom stereocenters. The van der Waals surface area contributed by atoms with Crippen LogP contribution in [0.15, 0.2) is 18.5 Å². The van der Waals surface area contributed by atoms with E-state index in [0.29, 0.717) is 37.2 Å². The Morgan fingerprint density at radius 2 is 1.93 bits per heavy atom. The molecule has 1 aliphatic heterocycles. The third-order valence-electron chi connectivity index (χ3n) is 5.01. The van der Waals surface area contributed by atoms with Crippen molar-refractivity contribution in [3.05, 3.63) is 18.5 Å². The molecule has 162 valence electrons. The van der Waals surface area contributed by atoms with Crippen LogP contribution in [0.4, 0.5) is 0 Å². The monoisotopic (exact) mass is 419 g/mol. The normalized spacial score (nSPS) is 23.0. The van der Waals surface area contributed by atoms with Crippen LogP contribution in [0.3, 0.4) is 0 Å². The van der Waals surface area contributed by atoms with E-state index < -0.39 is 11.9 Å². The maximum Gasteiger partial charge on any atom is 0.328 e.